The molecule has 0 saturated carbocycles. The van der Waals surface area contributed by atoms with E-state index in [1.54, 1.807) is 0 Å². The topological polar surface area (TPSA) is 94.2 Å². The molecule has 0 radical (unpaired) electrons. The van der Waals surface area contributed by atoms with Gasteiger partial charge in [-0.2, -0.15) is 0 Å². The number of carbonyl (C=O) groups is 2. The number of nitrogens with one attached hydrogen (secondary N) is 1. The predicted octanol–water partition coefficient (Wildman–Crippen LogP) is 2.36. The molecule has 1 aromatic carbocycles. The number of hydrogen-bond donors (Lipinski definition) is 2. The van der Waals surface area contributed by atoms with E-state index in [0.29, 0.717) is 10.2 Å². The molecule has 0 saturated heterocycles. The van der Waals surface area contributed by atoms with Crippen molar-refractivity contribution in [3.05, 3.63) is 55.8 Å². The largest absolute Gasteiger partial charge is 0.384 e. The molecule has 2 heterocycles. The van der Waals surface area contributed by atoms with Gasteiger partial charge in [-0.1, -0.05) is 26.8 Å². The van der Waals surface area contributed by atoms with Crippen LogP contribution in [0.1, 0.15) is 47.1 Å². The fourth-order valence-electron chi connectivity index (χ4n) is 2.68. The van der Waals surface area contributed by atoms with E-state index in [1.807, 2.05) is 18.2 Å². The number of halogens is 1. The Labute approximate surface area is 146 Å². The van der Waals surface area contributed by atoms with Crippen LogP contribution in [0.3, 0.4) is 0 Å². The molecule has 1 aliphatic heterocycles. The number of hydrogen-bond acceptors (Lipinski definition) is 4. The number of amides is 2. The summed E-state index contributed by atoms with van der Waals surface area (Å²) in [7, 11) is 0. The average molecular weight is 390 g/mol. The van der Waals surface area contributed by atoms with Crippen molar-refractivity contribution in [1.82, 2.24) is 9.88 Å². The summed E-state index contributed by atoms with van der Waals surface area (Å²) in [6.45, 7) is 6.17. The van der Waals surface area contributed by atoms with Crippen LogP contribution in [0.25, 0.3) is 5.69 Å². The molecule has 0 bridgehead atoms. The third-order valence-electron chi connectivity index (χ3n) is 4.01. The number of nitrogens with two attached hydrogens (primary N) is 1. The maximum Gasteiger partial charge on any atom is 0.262 e. The van der Waals surface area contributed by atoms with Crippen LogP contribution >= 0.6 is 15.9 Å². The van der Waals surface area contributed by atoms with Crippen LogP contribution in [0.5, 0.6) is 0 Å². The highest BCUT2D eigenvalue weighted by Gasteiger charge is 2.32. The fourth-order valence-corrected chi connectivity index (χ4v) is 3.10. The Kier molecular flexibility index (Phi) is 3.64. The van der Waals surface area contributed by atoms with Crippen LogP contribution in [0.15, 0.2) is 33.5 Å². The summed E-state index contributed by atoms with van der Waals surface area (Å²) < 4.78 is 1.91. The lowest BCUT2D eigenvalue weighted by Gasteiger charge is -2.21. The summed E-state index contributed by atoms with van der Waals surface area (Å²) in [4.78, 5) is 36.2. The number of fused-ring (bicyclic) bond motifs is 1. The Hall–Kier alpha value is -2.41. The molecule has 24 heavy (non-hydrogen) atoms. The van der Waals surface area contributed by atoms with Crippen LogP contribution in [-0.4, -0.2) is 16.4 Å². The van der Waals surface area contributed by atoms with E-state index in [-0.39, 0.29) is 22.4 Å². The summed E-state index contributed by atoms with van der Waals surface area (Å²) in [6, 6.07) is 6.78. The first-order valence-corrected chi connectivity index (χ1v) is 8.12. The van der Waals surface area contributed by atoms with Gasteiger partial charge in [0.15, 0.2) is 0 Å². The van der Waals surface area contributed by atoms with Crippen molar-refractivity contribution in [2.75, 3.05) is 5.73 Å². The van der Waals surface area contributed by atoms with Gasteiger partial charge in [0.05, 0.1) is 16.8 Å². The van der Waals surface area contributed by atoms with Gasteiger partial charge in [0.1, 0.15) is 5.82 Å². The Morgan fingerprint density at radius 2 is 1.75 bits per heavy atom. The van der Waals surface area contributed by atoms with E-state index in [9.17, 15) is 14.4 Å². The Morgan fingerprint density at radius 3 is 2.38 bits per heavy atom. The lowest BCUT2D eigenvalue weighted by Crippen LogP contribution is -2.25. The first-order valence-electron chi connectivity index (χ1n) is 7.33. The Morgan fingerprint density at radius 1 is 1.08 bits per heavy atom. The maximum absolute atomic E-state index is 12.5. The zero-order chi connectivity index (χ0) is 17.8. The van der Waals surface area contributed by atoms with Gasteiger partial charge in [-0.25, -0.2) is 0 Å². The second-order valence-corrected chi connectivity index (χ2v) is 7.55. The molecule has 0 fully saturated rings. The zero-order valence-corrected chi connectivity index (χ0v) is 15.0. The van der Waals surface area contributed by atoms with Crippen LogP contribution < -0.4 is 16.6 Å². The number of carbonyl (C=O) groups excluding carboxylic acids is 2. The minimum Gasteiger partial charge on any atom is -0.384 e. The predicted molar refractivity (Wildman–Crippen MR) is 94.6 cm³/mol. The number of rotatable bonds is 1. The number of aromatic nitrogens is 1. The number of pyridine rings is 1. The van der Waals surface area contributed by atoms with Gasteiger partial charge in [-0.05, 0) is 39.0 Å². The quantitative estimate of drug-likeness (QED) is 0.731. The van der Waals surface area contributed by atoms with E-state index in [1.165, 1.54) is 4.57 Å². The molecule has 0 unspecified atom stereocenters. The second-order valence-electron chi connectivity index (χ2n) is 6.69. The standard InChI is InChI=1S/C17H16BrN3O3/c1-17(2,3)8-4-5-10(18)11(6-8)21-12(22)7-9-13(14(21)19)16(24)20-15(9)23/h4-7H,19H2,1-3H3,(H,20,23,24). The number of nitrogens with zero attached hydrogens (tertiary/aromatic N) is 1. The van der Waals surface area contributed by atoms with Crippen LogP contribution in [0.2, 0.25) is 0 Å². The number of anilines is 1. The molecule has 2 aromatic rings. The van der Waals surface area contributed by atoms with Crippen molar-refractivity contribution in [2.45, 2.75) is 26.2 Å². The normalized spacial score (nSPS) is 13.8. The molecule has 0 spiro atoms. The third-order valence-corrected chi connectivity index (χ3v) is 4.68. The maximum atomic E-state index is 12.5. The fraction of sp³-hybridized carbons (Fsp3) is 0.235. The summed E-state index contributed by atoms with van der Waals surface area (Å²) in [5.41, 5.74) is 7.07. The van der Waals surface area contributed by atoms with E-state index in [0.717, 1.165) is 11.6 Å². The van der Waals surface area contributed by atoms with Gasteiger partial charge in [0.25, 0.3) is 17.4 Å². The van der Waals surface area contributed by atoms with Crippen molar-refractivity contribution in [2.24, 2.45) is 0 Å². The first kappa shape index (κ1) is 16.4. The minimum absolute atomic E-state index is 0.0156. The van der Waals surface area contributed by atoms with Crippen molar-refractivity contribution >= 4 is 33.6 Å². The van der Waals surface area contributed by atoms with Crippen LogP contribution in [-0.2, 0) is 5.41 Å². The van der Waals surface area contributed by atoms with Crippen molar-refractivity contribution in [3.8, 4) is 5.69 Å². The zero-order valence-electron chi connectivity index (χ0n) is 13.4. The van der Waals surface area contributed by atoms with Crippen molar-refractivity contribution in [1.29, 1.82) is 0 Å². The molecule has 0 atom stereocenters. The molecule has 3 rings (SSSR count). The van der Waals surface area contributed by atoms with Crippen molar-refractivity contribution < 1.29 is 9.59 Å². The molecule has 124 valence electrons. The van der Waals surface area contributed by atoms with E-state index < -0.39 is 17.4 Å². The molecule has 2 amide bonds. The molecule has 1 aliphatic rings. The number of nitrogen functional groups attached to an aromatic ring is 1. The monoisotopic (exact) mass is 389 g/mol. The molecule has 7 heteroatoms. The molecule has 6 nitrogen and oxygen atoms in total. The van der Waals surface area contributed by atoms with Gasteiger partial charge in [0, 0.05) is 10.5 Å². The summed E-state index contributed by atoms with van der Waals surface area (Å²) in [5, 5.41) is 2.16. The Bertz CT molecular complexity index is 955. The van der Waals surface area contributed by atoms with Crippen molar-refractivity contribution in [3.63, 3.8) is 0 Å². The highest BCUT2D eigenvalue weighted by Crippen LogP contribution is 2.31. The van der Waals surface area contributed by atoms with Gasteiger partial charge in [-0.15, -0.1) is 0 Å². The van der Waals surface area contributed by atoms with Gasteiger partial charge < -0.3 is 5.73 Å². The second kappa shape index (κ2) is 5.31. The van der Waals surface area contributed by atoms with Gasteiger partial charge in [0.2, 0.25) is 0 Å². The SMILES string of the molecule is CC(C)(C)c1ccc(Br)c(-n2c(N)c3c(cc2=O)C(=O)NC3=O)c1. The van der Waals surface area contributed by atoms with Crippen LogP contribution in [0.4, 0.5) is 5.82 Å². The molecular weight excluding hydrogens is 374 g/mol. The first-order chi connectivity index (χ1) is 11.1. The average Bonchev–Trinajstić information content (AvgIpc) is 2.74. The summed E-state index contributed by atoms with van der Waals surface area (Å²) in [5.74, 6) is -1.24. The van der Waals surface area contributed by atoms with Gasteiger partial charge >= 0.3 is 0 Å². The summed E-state index contributed by atoms with van der Waals surface area (Å²) in [6.07, 6.45) is 0. The lowest BCUT2D eigenvalue weighted by atomic mass is 9.87. The van der Waals surface area contributed by atoms with Gasteiger partial charge in [-0.3, -0.25) is 24.3 Å². The molecule has 1 aromatic heterocycles. The van der Waals surface area contributed by atoms with E-state index in [2.05, 4.69) is 42.0 Å². The Balaban J connectivity index is 2.33. The van der Waals surface area contributed by atoms with Crippen LogP contribution in [0, 0.1) is 0 Å². The number of benzene rings is 1. The molecular formula is C17H16BrN3O3. The minimum atomic E-state index is -0.603. The highest BCUT2D eigenvalue weighted by atomic mass is 79.9. The highest BCUT2D eigenvalue weighted by molar-refractivity contribution is 9.10. The third kappa shape index (κ3) is 2.45. The molecule has 0 aliphatic carbocycles. The molecule has 3 N–H and O–H groups in total. The van der Waals surface area contributed by atoms with E-state index in [4.69, 9.17) is 5.73 Å². The van der Waals surface area contributed by atoms with E-state index >= 15 is 0 Å². The smallest absolute Gasteiger partial charge is 0.262 e. The summed E-state index contributed by atoms with van der Waals surface area (Å²) >= 11 is 3.43. The lowest BCUT2D eigenvalue weighted by molar-refractivity contribution is 0.0880. The number of imide groups is 1.